The second kappa shape index (κ2) is 9.65. The maximum atomic E-state index is 12.8. The molecule has 1 saturated heterocycles. The van der Waals surface area contributed by atoms with Gasteiger partial charge >= 0.3 is 5.97 Å². The van der Waals surface area contributed by atoms with Crippen LogP contribution in [0.15, 0.2) is 28.4 Å². The van der Waals surface area contributed by atoms with E-state index in [0.29, 0.717) is 37.2 Å². The molecular weight excluding hydrogens is 418 g/mol. The highest BCUT2D eigenvalue weighted by molar-refractivity contribution is 7.09. The zero-order chi connectivity index (χ0) is 21.8. The number of esters is 1. The van der Waals surface area contributed by atoms with Gasteiger partial charge < -0.3 is 18.9 Å². The van der Waals surface area contributed by atoms with Crippen molar-refractivity contribution in [2.45, 2.75) is 32.4 Å². The van der Waals surface area contributed by atoms with Gasteiger partial charge in [0, 0.05) is 62.2 Å². The summed E-state index contributed by atoms with van der Waals surface area (Å²) in [4.78, 5) is 42.6. The Morgan fingerprint density at radius 3 is 2.74 bits per heavy atom. The standard InChI is InChI=1S/C22H27N3O5S/c1-29-22(28)21-17-6-8-23(15-16-4-3-13-31-16)9-10-25(17)20(27)14-18(21)30-12-11-24-7-2-5-19(24)26/h3-4,13-14H,2,5-12,15H2,1H3. The van der Waals surface area contributed by atoms with E-state index in [1.54, 1.807) is 20.8 Å². The minimum Gasteiger partial charge on any atom is -0.491 e. The third kappa shape index (κ3) is 4.83. The van der Waals surface area contributed by atoms with Gasteiger partial charge in [-0.3, -0.25) is 14.5 Å². The van der Waals surface area contributed by atoms with Crippen LogP contribution in [0.5, 0.6) is 5.75 Å². The van der Waals surface area contributed by atoms with E-state index >= 15 is 0 Å². The summed E-state index contributed by atoms with van der Waals surface area (Å²) in [6.45, 7) is 4.16. The van der Waals surface area contributed by atoms with Gasteiger partial charge in [0.25, 0.3) is 5.56 Å². The molecule has 0 aliphatic carbocycles. The minimum atomic E-state index is -0.511. The molecule has 1 fully saturated rings. The van der Waals surface area contributed by atoms with E-state index < -0.39 is 5.97 Å². The molecule has 0 atom stereocenters. The van der Waals surface area contributed by atoms with Gasteiger partial charge in [-0.25, -0.2) is 4.79 Å². The van der Waals surface area contributed by atoms with Gasteiger partial charge in [-0.2, -0.15) is 0 Å². The second-order valence-electron chi connectivity index (χ2n) is 7.75. The lowest BCUT2D eigenvalue weighted by molar-refractivity contribution is -0.128. The Hall–Kier alpha value is -2.65. The monoisotopic (exact) mass is 445 g/mol. The van der Waals surface area contributed by atoms with E-state index in [1.807, 2.05) is 6.07 Å². The lowest BCUT2D eigenvalue weighted by atomic mass is 10.1. The van der Waals surface area contributed by atoms with Crippen molar-refractivity contribution in [1.29, 1.82) is 0 Å². The van der Waals surface area contributed by atoms with Crippen LogP contribution in [-0.2, 0) is 29.0 Å². The normalized spacial score (nSPS) is 16.8. The predicted molar refractivity (Wildman–Crippen MR) is 117 cm³/mol. The van der Waals surface area contributed by atoms with E-state index in [1.165, 1.54) is 18.1 Å². The third-order valence-corrected chi connectivity index (χ3v) is 6.69. The van der Waals surface area contributed by atoms with E-state index in [-0.39, 0.29) is 23.8 Å². The second-order valence-corrected chi connectivity index (χ2v) is 8.78. The summed E-state index contributed by atoms with van der Waals surface area (Å²) < 4.78 is 12.5. The molecule has 0 aromatic carbocycles. The Balaban J connectivity index is 1.54. The summed E-state index contributed by atoms with van der Waals surface area (Å²) in [5, 5.41) is 2.06. The molecule has 31 heavy (non-hydrogen) atoms. The Morgan fingerprint density at radius 1 is 1.16 bits per heavy atom. The molecule has 0 spiro atoms. The molecule has 0 saturated carbocycles. The molecule has 0 N–H and O–H groups in total. The van der Waals surface area contributed by atoms with E-state index in [0.717, 1.165) is 32.6 Å². The number of ether oxygens (including phenoxy) is 2. The fraction of sp³-hybridized carbons (Fsp3) is 0.500. The molecule has 166 valence electrons. The van der Waals surface area contributed by atoms with Crippen molar-refractivity contribution in [2.24, 2.45) is 0 Å². The predicted octanol–water partition coefficient (Wildman–Crippen LogP) is 1.76. The number of carbonyl (C=O) groups is 2. The average Bonchev–Trinajstić information content (AvgIpc) is 3.36. The maximum Gasteiger partial charge on any atom is 0.343 e. The maximum absolute atomic E-state index is 12.8. The number of hydrogen-bond donors (Lipinski definition) is 0. The number of aromatic nitrogens is 1. The summed E-state index contributed by atoms with van der Waals surface area (Å²) in [6.07, 6.45) is 1.97. The molecule has 8 nitrogen and oxygen atoms in total. The van der Waals surface area contributed by atoms with Crippen molar-refractivity contribution >= 4 is 23.2 Å². The van der Waals surface area contributed by atoms with Crippen molar-refractivity contribution in [1.82, 2.24) is 14.4 Å². The van der Waals surface area contributed by atoms with Crippen LogP contribution in [0.4, 0.5) is 0 Å². The molecule has 2 aliphatic heterocycles. The molecule has 2 aliphatic rings. The number of rotatable bonds is 7. The number of carbonyl (C=O) groups excluding carboxylic acids is 2. The van der Waals surface area contributed by atoms with Crippen LogP contribution in [0.3, 0.4) is 0 Å². The molecule has 4 rings (SSSR count). The number of fused-ring (bicyclic) bond motifs is 1. The van der Waals surface area contributed by atoms with Crippen molar-refractivity contribution in [3.63, 3.8) is 0 Å². The third-order valence-electron chi connectivity index (χ3n) is 5.83. The molecule has 0 bridgehead atoms. The van der Waals surface area contributed by atoms with Gasteiger partial charge in [0.2, 0.25) is 5.91 Å². The number of hydrogen-bond acceptors (Lipinski definition) is 7. The van der Waals surface area contributed by atoms with Gasteiger partial charge in [0.15, 0.2) is 0 Å². The van der Waals surface area contributed by atoms with Crippen LogP contribution >= 0.6 is 11.3 Å². The SMILES string of the molecule is COC(=O)c1c(OCCN2CCCC2=O)cc(=O)n2c1CCN(Cc1cccs1)CC2. The van der Waals surface area contributed by atoms with Crippen LogP contribution in [0.1, 0.15) is 33.8 Å². The smallest absolute Gasteiger partial charge is 0.343 e. The number of likely N-dealkylation sites (tertiary alicyclic amines) is 1. The van der Waals surface area contributed by atoms with Gasteiger partial charge in [-0.15, -0.1) is 11.3 Å². The topological polar surface area (TPSA) is 81.1 Å². The van der Waals surface area contributed by atoms with Crippen molar-refractivity contribution in [3.05, 3.63) is 50.1 Å². The first-order valence-corrected chi connectivity index (χ1v) is 11.4. The lowest BCUT2D eigenvalue weighted by Gasteiger charge is -2.19. The molecule has 0 unspecified atom stereocenters. The first-order valence-electron chi connectivity index (χ1n) is 10.6. The van der Waals surface area contributed by atoms with Crippen molar-refractivity contribution in [3.8, 4) is 5.75 Å². The number of amides is 1. The quantitative estimate of drug-likeness (QED) is 0.604. The summed E-state index contributed by atoms with van der Waals surface area (Å²) in [7, 11) is 1.33. The van der Waals surface area contributed by atoms with Crippen LogP contribution < -0.4 is 10.3 Å². The zero-order valence-electron chi connectivity index (χ0n) is 17.7. The van der Waals surface area contributed by atoms with E-state index in [2.05, 4.69) is 16.3 Å². The number of nitrogens with zero attached hydrogens (tertiary/aromatic N) is 3. The zero-order valence-corrected chi connectivity index (χ0v) is 18.5. The van der Waals surface area contributed by atoms with Crippen LogP contribution in [0.2, 0.25) is 0 Å². The molecular formula is C22H27N3O5S. The van der Waals surface area contributed by atoms with Gasteiger partial charge in [0.05, 0.1) is 13.7 Å². The average molecular weight is 446 g/mol. The van der Waals surface area contributed by atoms with Gasteiger partial charge in [-0.1, -0.05) is 6.07 Å². The van der Waals surface area contributed by atoms with Crippen LogP contribution in [0, 0.1) is 0 Å². The highest BCUT2D eigenvalue weighted by Crippen LogP contribution is 2.25. The van der Waals surface area contributed by atoms with Gasteiger partial charge in [-0.05, 0) is 17.9 Å². The first-order chi connectivity index (χ1) is 15.1. The Bertz CT molecular complexity index is 1000. The lowest BCUT2D eigenvalue weighted by Crippen LogP contribution is -2.31. The number of pyridine rings is 1. The van der Waals surface area contributed by atoms with Crippen molar-refractivity contribution in [2.75, 3.05) is 39.9 Å². The summed E-state index contributed by atoms with van der Waals surface area (Å²) >= 11 is 1.71. The van der Waals surface area contributed by atoms with Gasteiger partial charge in [0.1, 0.15) is 17.9 Å². The Kier molecular flexibility index (Phi) is 6.72. The van der Waals surface area contributed by atoms with Crippen LogP contribution in [-0.4, -0.2) is 66.1 Å². The van der Waals surface area contributed by atoms with Crippen molar-refractivity contribution < 1.29 is 19.1 Å². The Morgan fingerprint density at radius 2 is 2.03 bits per heavy atom. The fourth-order valence-electron chi connectivity index (χ4n) is 4.22. The Labute approximate surface area is 185 Å². The first kappa shape index (κ1) is 21.6. The molecule has 2 aromatic heterocycles. The number of methoxy groups -OCH3 is 1. The molecule has 1 amide bonds. The fourth-order valence-corrected chi connectivity index (χ4v) is 4.96. The highest BCUT2D eigenvalue weighted by atomic mass is 32.1. The largest absolute Gasteiger partial charge is 0.491 e. The molecule has 2 aromatic rings. The molecule has 0 radical (unpaired) electrons. The summed E-state index contributed by atoms with van der Waals surface area (Å²) in [5.74, 6) is -0.159. The van der Waals surface area contributed by atoms with E-state index in [9.17, 15) is 14.4 Å². The molecule has 9 heteroatoms. The summed E-state index contributed by atoms with van der Waals surface area (Å²) in [6, 6.07) is 5.51. The van der Waals surface area contributed by atoms with Crippen LogP contribution in [0.25, 0.3) is 0 Å². The molecule has 4 heterocycles. The number of thiophene rings is 1. The summed E-state index contributed by atoms with van der Waals surface area (Å²) in [5.41, 5.74) is 0.779. The van der Waals surface area contributed by atoms with E-state index in [4.69, 9.17) is 9.47 Å². The highest BCUT2D eigenvalue weighted by Gasteiger charge is 2.27. The minimum absolute atomic E-state index is 0.115.